The molecule has 3 nitrogen and oxygen atoms in total. The summed E-state index contributed by atoms with van der Waals surface area (Å²) < 4.78 is 0. The van der Waals surface area contributed by atoms with Gasteiger partial charge in [0.15, 0.2) is 0 Å². The summed E-state index contributed by atoms with van der Waals surface area (Å²) in [5.41, 5.74) is 0. The Bertz CT molecular complexity index is 289. The molecule has 3 heteroatoms. The van der Waals surface area contributed by atoms with Crippen molar-refractivity contribution in [2.45, 2.75) is 90.4 Å². The Labute approximate surface area is 124 Å². The van der Waals surface area contributed by atoms with Crippen molar-refractivity contribution in [3.05, 3.63) is 0 Å². The van der Waals surface area contributed by atoms with E-state index in [2.05, 4.69) is 6.92 Å². The molecule has 0 aromatic heterocycles. The number of hydrogen-bond donors (Lipinski definition) is 0. The van der Waals surface area contributed by atoms with Gasteiger partial charge in [0.2, 0.25) is 11.8 Å². The summed E-state index contributed by atoms with van der Waals surface area (Å²) in [6.45, 7) is 2.89. The zero-order chi connectivity index (χ0) is 14.6. The number of piperidine rings is 1. The highest BCUT2D eigenvalue weighted by molar-refractivity contribution is 5.95. The topological polar surface area (TPSA) is 37.4 Å². The third-order valence-electron chi connectivity index (χ3n) is 4.12. The highest BCUT2D eigenvalue weighted by Crippen LogP contribution is 2.14. The van der Waals surface area contributed by atoms with E-state index in [-0.39, 0.29) is 11.8 Å². The molecule has 0 atom stereocenters. The minimum absolute atomic E-state index is 0.0391. The van der Waals surface area contributed by atoms with Crippen molar-refractivity contribution in [3.63, 3.8) is 0 Å². The normalized spacial score (nSPS) is 15.7. The lowest BCUT2D eigenvalue weighted by Gasteiger charge is -2.24. The molecule has 20 heavy (non-hydrogen) atoms. The van der Waals surface area contributed by atoms with Gasteiger partial charge in [-0.2, -0.15) is 0 Å². The van der Waals surface area contributed by atoms with E-state index < -0.39 is 0 Å². The van der Waals surface area contributed by atoms with Crippen LogP contribution < -0.4 is 0 Å². The molecule has 0 aromatic rings. The Morgan fingerprint density at radius 2 is 1.55 bits per heavy atom. The van der Waals surface area contributed by atoms with Gasteiger partial charge in [-0.1, -0.05) is 58.3 Å². The van der Waals surface area contributed by atoms with Gasteiger partial charge in [-0.15, -0.1) is 0 Å². The SMILES string of the molecule is CCCCCCCCCCCC(=O)N1CCCCC1=O. The Hall–Kier alpha value is -0.860. The second-order valence-corrected chi connectivity index (χ2v) is 5.97. The van der Waals surface area contributed by atoms with Gasteiger partial charge in [-0.05, 0) is 19.3 Å². The largest absolute Gasteiger partial charge is 0.283 e. The number of likely N-dealkylation sites (tertiary alicyclic amines) is 1. The molecule has 0 radical (unpaired) electrons. The maximum atomic E-state index is 11.9. The molecule has 0 N–H and O–H groups in total. The number of hydrogen-bond acceptors (Lipinski definition) is 2. The molecule has 1 rings (SSSR count). The summed E-state index contributed by atoms with van der Waals surface area (Å²) in [4.78, 5) is 25.0. The van der Waals surface area contributed by atoms with Crippen LogP contribution in [0.15, 0.2) is 0 Å². The number of rotatable bonds is 10. The van der Waals surface area contributed by atoms with Crippen LogP contribution in [0.1, 0.15) is 90.4 Å². The minimum atomic E-state index is 0.0391. The molecule has 0 unspecified atom stereocenters. The zero-order valence-corrected chi connectivity index (χ0v) is 13.2. The Morgan fingerprint density at radius 3 is 2.15 bits per heavy atom. The van der Waals surface area contributed by atoms with Crippen LogP contribution >= 0.6 is 0 Å². The summed E-state index contributed by atoms with van der Waals surface area (Å²) in [6, 6.07) is 0. The number of unbranched alkanes of at least 4 members (excludes halogenated alkanes) is 8. The highest BCUT2D eigenvalue weighted by atomic mass is 16.2. The fourth-order valence-corrected chi connectivity index (χ4v) is 2.79. The smallest absolute Gasteiger partial charge is 0.229 e. The van der Waals surface area contributed by atoms with Crippen molar-refractivity contribution in [1.29, 1.82) is 0 Å². The lowest BCUT2D eigenvalue weighted by Crippen LogP contribution is -2.40. The second-order valence-electron chi connectivity index (χ2n) is 5.97. The summed E-state index contributed by atoms with van der Waals surface area (Å²) in [5.74, 6) is 0.0924. The summed E-state index contributed by atoms with van der Waals surface area (Å²) in [5, 5.41) is 0. The van der Waals surface area contributed by atoms with Gasteiger partial charge in [0, 0.05) is 19.4 Å². The monoisotopic (exact) mass is 281 g/mol. The van der Waals surface area contributed by atoms with Crippen LogP contribution in [0.25, 0.3) is 0 Å². The Kier molecular flexibility index (Phi) is 9.35. The summed E-state index contributed by atoms with van der Waals surface area (Å²) >= 11 is 0. The van der Waals surface area contributed by atoms with Crippen LogP contribution in [0.4, 0.5) is 0 Å². The first-order valence-electron chi connectivity index (χ1n) is 8.59. The molecule has 1 fully saturated rings. The second kappa shape index (κ2) is 10.9. The molecule has 116 valence electrons. The van der Waals surface area contributed by atoms with Crippen molar-refractivity contribution in [2.75, 3.05) is 6.54 Å². The third kappa shape index (κ3) is 7.06. The molecular weight excluding hydrogens is 250 g/mol. The lowest BCUT2D eigenvalue weighted by atomic mass is 10.1. The van der Waals surface area contributed by atoms with Crippen LogP contribution in [0.2, 0.25) is 0 Å². The number of carbonyl (C=O) groups excluding carboxylic acids is 2. The van der Waals surface area contributed by atoms with Crippen molar-refractivity contribution in [2.24, 2.45) is 0 Å². The molecule has 2 amide bonds. The Balaban J connectivity index is 1.95. The fraction of sp³-hybridized carbons (Fsp3) is 0.882. The Morgan fingerprint density at radius 1 is 0.950 bits per heavy atom. The van der Waals surface area contributed by atoms with Gasteiger partial charge in [0.1, 0.15) is 0 Å². The molecular formula is C17H31NO2. The molecule has 1 aliphatic rings. The van der Waals surface area contributed by atoms with Crippen LogP contribution in [0, 0.1) is 0 Å². The lowest BCUT2D eigenvalue weighted by molar-refractivity contribution is -0.146. The van der Waals surface area contributed by atoms with Crippen LogP contribution in [0.5, 0.6) is 0 Å². The average molecular weight is 281 g/mol. The predicted molar refractivity (Wildman–Crippen MR) is 82.4 cm³/mol. The molecule has 1 aliphatic heterocycles. The van der Waals surface area contributed by atoms with E-state index in [9.17, 15) is 9.59 Å². The molecule has 0 bridgehead atoms. The van der Waals surface area contributed by atoms with Crippen LogP contribution in [-0.2, 0) is 9.59 Å². The number of nitrogens with zero attached hydrogens (tertiary/aromatic N) is 1. The maximum absolute atomic E-state index is 11.9. The average Bonchev–Trinajstić information content (AvgIpc) is 2.46. The van der Waals surface area contributed by atoms with Crippen LogP contribution in [-0.4, -0.2) is 23.3 Å². The first-order chi connectivity index (χ1) is 9.75. The molecule has 1 heterocycles. The van der Waals surface area contributed by atoms with Crippen LogP contribution in [0.3, 0.4) is 0 Å². The van der Waals surface area contributed by atoms with Gasteiger partial charge < -0.3 is 0 Å². The fourth-order valence-electron chi connectivity index (χ4n) is 2.79. The number of imide groups is 1. The van der Waals surface area contributed by atoms with Gasteiger partial charge in [0.05, 0.1) is 0 Å². The molecule has 0 aromatic carbocycles. The maximum Gasteiger partial charge on any atom is 0.229 e. The third-order valence-corrected chi connectivity index (χ3v) is 4.12. The first kappa shape index (κ1) is 17.2. The summed E-state index contributed by atoms with van der Waals surface area (Å²) in [7, 11) is 0. The molecule has 0 saturated carbocycles. The standard InChI is InChI=1S/C17H31NO2/c1-2-3-4-5-6-7-8-9-10-13-16(19)18-15-12-11-14-17(18)20/h2-15H2,1H3. The van der Waals surface area contributed by atoms with E-state index in [1.165, 1.54) is 49.8 Å². The first-order valence-corrected chi connectivity index (χ1v) is 8.59. The van der Waals surface area contributed by atoms with Crippen molar-refractivity contribution in [3.8, 4) is 0 Å². The van der Waals surface area contributed by atoms with E-state index in [0.717, 1.165) is 25.7 Å². The quantitative estimate of drug-likeness (QED) is 0.555. The highest BCUT2D eigenvalue weighted by Gasteiger charge is 2.23. The minimum Gasteiger partial charge on any atom is -0.283 e. The van der Waals surface area contributed by atoms with Crippen molar-refractivity contribution >= 4 is 11.8 Å². The van der Waals surface area contributed by atoms with E-state index in [4.69, 9.17) is 0 Å². The van der Waals surface area contributed by atoms with Crippen molar-refractivity contribution in [1.82, 2.24) is 4.90 Å². The zero-order valence-electron chi connectivity index (χ0n) is 13.2. The number of carbonyl (C=O) groups is 2. The van der Waals surface area contributed by atoms with Gasteiger partial charge in [0.25, 0.3) is 0 Å². The van der Waals surface area contributed by atoms with E-state index in [0.29, 0.717) is 19.4 Å². The van der Waals surface area contributed by atoms with E-state index >= 15 is 0 Å². The van der Waals surface area contributed by atoms with E-state index in [1.54, 1.807) is 0 Å². The van der Waals surface area contributed by atoms with Gasteiger partial charge in [-0.25, -0.2) is 0 Å². The van der Waals surface area contributed by atoms with Gasteiger partial charge >= 0.3 is 0 Å². The molecule has 0 spiro atoms. The molecule has 1 saturated heterocycles. The number of amides is 2. The summed E-state index contributed by atoms with van der Waals surface area (Å²) in [6.07, 6.45) is 14.4. The van der Waals surface area contributed by atoms with Gasteiger partial charge in [-0.3, -0.25) is 14.5 Å². The van der Waals surface area contributed by atoms with Crippen molar-refractivity contribution < 1.29 is 9.59 Å². The molecule has 0 aliphatic carbocycles. The van der Waals surface area contributed by atoms with E-state index in [1.807, 2.05) is 0 Å². The predicted octanol–water partition coefficient (Wildman–Crippen LogP) is 4.45.